The van der Waals surface area contributed by atoms with E-state index in [0.29, 0.717) is 18.8 Å². The summed E-state index contributed by atoms with van der Waals surface area (Å²) in [5.74, 6) is 1.52. The van der Waals surface area contributed by atoms with Crippen molar-refractivity contribution in [1.82, 2.24) is 19.8 Å². The van der Waals surface area contributed by atoms with Crippen molar-refractivity contribution in [3.63, 3.8) is 0 Å². The lowest BCUT2D eigenvalue weighted by Gasteiger charge is -2.28. The molecule has 116 valence electrons. The molecule has 0 bridgehead atoms. The maximum absolute atomic E-state index is 11.7. The molecule has 0 radical (unpaired) electrons. The van der Waals surface area contributed by atoms with Crippen LogP contribution in [0.3, 0.4) is 0 Å². The van der Waals surface area contributed by atoms with Gasteiger partial charge in [0.1, 0.15) is 5.82 Å². The summed E-state index contributed by atoms with van der Waals surface area (Å²) in [4.78, 5) is 25.0. The van der Waals surface area contributed by atoms with E-state index in [4.69, 9.17) is 4.98 Å². The molecule has 0 saturated carbocycles. The van der Waals surface area contributed by atoms with Gasteiger partial charge in [-0.1, -0.05) is 0 Å². The fourth-order valence-corrected chi connectivity index (χ4v) is 2.80. The molecule has 2 heterocycles. The summed E-state index contributed by atoms with van der Waals surface area (Å²) >= 11 is 0. The topological polar surface area (TPSA) is 49.3 Å². The summed E-state index contributed by atoms with van der Waals surface area (Å²) in [5, 5.41) is 0. The number of piperidine rings is 1. The molecular formula is C16H26N4O. The van der Waals surface area contributed by atoms with E-state index in [1.807, 2.05) is 13.0 Å². The molecule has 1 aromatic rings. The summed E-state index contributed by atoms with van der Waals surface area (Å²) in [6, 6.07) is 2.00. The van der Waals surface area contributed by atoms with Gasteiger partial charge in [-0.15, -0.1) is 0 Å². The standard InChI is InChI=1S/C16H26N4O/c1-12-10-14(7-8-15(21)19(2)3)18-16(17-12)13-6-5-9-20(4)11-13/h10,13H,5-9,11H2,1-4H3/t13-/m1/s1. The summed E-state index contributed by atoms with van der Waals surface area (Å²) in [5.41, 5.74) is 1.99. The molecule has 5 heteroatoms. The van der Waals surface area contributed by atoms with Gasteiger partial charge < -0.3 is 9.80 Å². The summed E-state index contributed by atoms with van der Waals surface area (Å²) in [6.07, 6.45) is 3.56. The highest BCUT2D eigenvalue weighted by molar-refractivity contribution is 5.75. The van der Waals surface area contributed by atoms with E-state index < -0.39 is 0 Å². The average molecular weight is 290 g/mol. The lowest BCUT2D eigenvalue weighted by molar-refractivity contribution is -0.128. The Kier molecular flexibility index (Phi) is 5.28. The van der Waals surface area contributed by atoms with Crippen LogP contribution in [0.15, 0.2) is 6.07 Å². The van der Waals surface area contributed by atoms with Crippen LogP contribution in [-0.4, -0.2) is 59.9 Å². The van der Waals surface area contributed by atoms with E-state index >= 15 is 0 Å². The largest absolute Gasteiger partial charge is 0.349 e. The first-order valence-electron chi connectivity index (χ1n) is 7.69. The number of nitrogens with zero attached hydrogens (tertiary/aromatic N) is 4. The van der Waals surface area contributed by atoms with Gasteiger partial charge in [0, 0.05) is 44.4 Å². The summed E-state index contributed by atoms with van der Waals surface area (Å²) in [6.45, 7) is 4.20. The first-order valence-corrected chi connectivity index (χ1v) is 7.69. The second kappa shape index (κ2) is 6.98. The third-order valence-electron chi connectivity index (χ3n) is 4.01. The lowest BCUT2D eigenvalue weighted by Crippen LogP contribution is -2.32. The molecule has 1 aromatic heterocycles. The molecule has 1 atom stereocenters. The number of carbonyl (C=O) groups is 1. The highest BCUT2D eigenvalue weighted by Gasteiger charge is 2.22. The monoisotopic (exact) mass is 290 g/mol. The number of hydrogen-bond donors (Lipinski definition) is 0. The minimum atomic E-state index is 0.144. The number of aromatic nitrogens is 2. The van der Waals surface area contributed by atoms with Crippen LogP contribution in [0.2, 0.25) is 0 Å². The van der Waals surface area contributed by atoms with Crippen molar-refractivity contribution < 1.29 is 4.79 Å². The maximum Gasteiger partial charge on any atom is 0.222 e. The molecule has 1 aliphatic heterocycles. The van der Waals surface area contributed by atoms with Crippen LogP contribution in [0.4, 0.5) is 0 Å². The van der Waals surface area contributed by atoms with Gasteiger partial charge in [-0.25, -0.2) is 9.97 Å². The van der Waals surface area contributed by atoms with Crippen molar-refractivity contribution in [3.8, 4) is 0 Å². The van der Waals surface area contributed by atoms with E-state index in [9.17, 15) is 4.79 Å². The Labute approximate surface area is 127 Å². The van der Waals surface area contributed by atoms with Crippen LogP contribution < -0.4 is 0 Å². The number of likely N-dealkylation sites (N-methyl/N-ethyl adjacent to an activating group) is 1. The number of amides is 1. The molecule has 0 aromatic carbocycles. The van der Waals surface area contributed by atoms with Crippen LogP contribution in [-0.2, 0) is 11.2 Å². The first-order chi connectivity index (χ1) is 9.95. The molecule has 0 aliphatic carbocycles. The third-order valence-corrected chi connectivity index (χ3v) is 4.01. The Bertz CT molecular complexity index is 501. The smallest absolute Gasteiger partial charge is 0.222 e. The van der Waals surface area contributed by atoms with E-state index in [-0.39, 0.29) is 5.91 Å². The zero-order valence-electron chi connectivity index (χ0n) is 13.6. The molecule has 5 nitrogen and oxygen atoms in total. The number of hydrogen-bond acceptors (Lipinski definition) is 4. The molecule has 1 amide bonds. The average Bonchev–Trinajstić information content (AvgIpc) is 2.44. The fraction of sp³-hybridized carbons (Fsp3) is 0.688. The fourth-order valence-electron chi connectivity index (χ4n) is 2.80. The van der Waals surface area contributed by atoms with Gasteiger partial charge in [-0.3, -0.25) is 4.79 Å². The Balaban J connectivity index is 2.08. The van der Waals surface area contributed by atoms with Crippen LogP contribution >= 0.6 is 0 Å². The molecule has 0 unspecified atom stereocenters. The zero-order valence-corrected chi connectivity index (χ0v) is 13.6. The van der Waals surface area contributed by atoms with Crippen LogP contribution in [0.1, 0.15) is 42.4 Å². The van der Waals surface area contributed by atoms with Gasteiger partial charge in [0.25, 0.3) is 0 Å². The number of aryl methyl sites for hydroxylation is 2. The quantitative estimate of drug-likeness (QED) is 0.845. The molecule has 1 saturated heterocycles. The molecule has 2 rings (SSSR count). The van der Waals surface area contributed by atoms with Crippen molar-refractivity contribution >= 4 is 5.91 Å². The van der Waals surface area contributed by atoms with Crippen molar-refractivity contribution in [2.24, 2.45) is 0 Å². The second-order valence-corrected chi connectivity index (χ2v) is 6.25. The Morgan fingerprint density at radius 2 is 2.19 bits per heavy atom. The third kappa shape index (κ3) is 4.49. The Morgan fingerprint density at radius 3 is 2.86 bits per heavy atom. The van der Waals surface area contributed by atoms with E-state index in [0.717, 1.165) is 36.7 Å². The minimum absolute atomic E-state index is 0.144. The second-order valence-electron chi connectivity index (χ2n) is 6.25. The van der Waals surface area contributed by atoms with E-state index in [1.165, 1.54) is 6.42 Å². The molecule has 1 fully saturated rings. The van der Waals surface area contributed by atoms with Crippen molar-refractivity contribution in [2.45, 2.75) is 38.5 Å². The maximum atomic E-state index is 11.7. The lowest BCUT2D eigenvalue weighted by atomic mass is 9.97. The summed E-state index contributed by atoms with van der Waals surface area (Å²) in [7, 11) is 5.73. The Morgan fingerprint density at radius 1 is 1.43 bits per heavy atom. The molecular weight excluding hydrogens is 264 g/mol. The van der Waals surface area contributed by atoms with Crippen molar-refractivity contribution in [2.75, 3.05) is 34.2 Å². The normalized spacial score (nSPS) is 19.5. The molecule has 1 aliphatic rings. The van der Waals surface area contributed by atoms with Crippen molar-refractivity contribution in [1.29, 1.82) is 0 Å². The van der Waals surface area contributed by atoms with Crippen LogP contribution in [0, 0.1) is 6.92 Å². The van der Waals surface area contributed by atoms with Crippen molar-refractivity contribution in [3.05, 3.63) is 23.3 Å². The number of likely N-dealkylation sites (tertiary alicyclic amines) is 1. The molecule has 21 heavy (non-hydrogen) atoms. The van der Waals surface area contributed by atoms with Crippen LogP contribution in [0.5, 0.6) is 0 Å². The van der Waals surface area contributed by atoms with Gasteiger partial charge in [-0.2, -0.15) is 0 Å². The SMILES string of the molecule is Cc1cc(CCC(=O)N(C)C)nc([C@@H]2CCCN(C)C2)n1. The van der Waals surface area contributed by atoms with Gasteiger partial charge in [0.15, 0.2) is 0 Å². The first kappa shape index (κ1) is 15.9. The predicted octanol–water partition coefficient (Wildman–Crippen LogP) is 1.62. The highest BCUT2D eigenvalue weighted by Crippen LogP contribution is 2.24. The summed E-state index contributed by atoms with van der Waals surface area (Å²) < 4.78 is 0. The number of rotatable bonds is 4. The van der Waals surface area contributed by atoms with Gasteiger partial charge in [0.05, 0.1) is 0 Å². The van der Waals surface area contributed by atoms with E-state index in [1.54, 1.807) is 19.0 Å². The van der Waals surface area contributed by atoms with Gasteiger partial charge >= 0.3 is 0 Å². The predicted molar refractivity (Wildman–Crippen MR) is 83.3 cm³/mol. The zero-order chi connectivity index (χ0) is 15.4. The molecule has 0 N–H and O–H groups in total. The van der Waals surface area contributed by atoms with Gasteiger partial charge in [-0.05, 0) is 45.8 Å². The molecule has 0 spiro atoms. The minimum Gasteiger partial charge on any atom is -0.349 e. The van der Waals surface area contributed by atoms with Gasteiger partial charge in [0.2, 0.25) is 5.91 Å². The number of carbonyl (C=O) groups excluding carboxylic acids is 1. The van der Waals surface area contributed by atoms with Crippen LogP contribution in [0.25, 0.3) is 0 Å². The van der Waals surface area contributed by atoms with E-state index in [2.05, 4.69) is 16.9 Å². The Hall–Kier alpha value is -1.49. The highest BCUT2D eigenvalue weighted by atomic mass is 16.2.